The van der Waals surface area contributed by atoms with Crippen molar-refractivity contribution in [2.45, 2.75) is 37.3 Å². The molecule has 2 unspecified atom stereocenters. The standard InChI is InChI=1S/C14H16BrF2NO/c15-10-3-4-11(16)9(13(10)17)8-14(19)5-7-18-6-1-2-12(14)18/h3-4,12,19H,1-2,5-8H2. The van der Waals surface area contributed by atoms with Crippen LogP contribution in [0.25, 0.3) is 0 Å². The molecule has 1 aromatic rings. The third-order valence-corrected chi connectivity index (χ3v) is 5.05. The van der Waals surface area contributed by atoms with Crippen LogP contribution >= 0.6 is 15.9 Å². The average molecular weight is 332 g/mol. The van der Waals surface area contributed by atoms with Crippen LogP contribution in [0.3, 0.4) is 0 Å². The Hall–Kier alpha value is -0.520. The number of hydrogen-bond donors (Lipinski definition) is 1. The lowest BCUT2D eigenvalue weighted by atomic mass is 9.86. The third-order valence-electron chi connectivity index (χ3n) is 4.44. The molecule has 0 aromatic heterocycles. The van der Waals surface area contributed by atoms with E-state index < -0.39 is 17.2 Å². The average Bonchev–Trinajstić information content (AvgIpc) is 2.96. The summed E-state index contributed by atoms with van der Waals surface area (Å²) < 4.78 is 28.1. The van der Waals surface area contributed by atoms with E-state index in [-0.39, 0.29) is 22.5 Å². The molecule has 2 aliphatic rings. The Balaban J connectivity index is 1.91. The molecular formula is C14H16BrF2NO. The minimum absolute atomic E-state index is 0.00868. The minimum Gasteiger partial charge on any atom is -0.388 e. The molecule has 0 saturated carbocycles. The quantitative estimate of drug-likeness (QED) is 0.842. The first-order chi connectivity index (χ1) is 9.01. The van der Waals surface area contributed by atoms with E-state index in [1.807, 2.05) is 0 Å². The number of rotatable bonds is 2. The van der Waals surface area contributed by atoms with Gasteiger partial charge in [0.1, 0.15) is 11.6 Å². The normalized spacial score (nSPS) is 30.8. The fourth-order valence-electron chi connectivity index (χ4n) is 3.45. The van der Waals surface area contributed by atoms with Gasteiger partial charge in [0.05, 0.1) is 10.1 Å². The van der Waals surface area contributed by atoms with Gasteiger partial charge >= 0.3 is 0 Å². The predicted octanol–water partition coefficient (Wildman–Crippen LogP) is 2.87. The first-order valence-electron chi connectivity index (χ1n) is 6.60. The Morgan fingerprint density at radius 3 is 2.95 bits per heavy atom. The van der Waals surface area contributed by atoms with Crippen molar-refractivity contribution >= 4 is 15.9 Å². The second kappa shape index (κ2) is 4.79. The summed E-state index contributed by atoms with van der Waals surface area (Å²) in [6.07, 6.45) is 2.60. The van der Waals surface area contributed by atoms with Crippen molar-refractivity contribution in [3.05, 3.63) is 33.8 Å². The van der Waals surface area contributed by atoms with Gasteiger partial charge in [-0.15, -0.1) is 0 Å². The van der Waals surface area contributed by atoms with Crippen molar-refractivity contribution in [2.75, 3.05) is 13.1 Å². The van der Waals surface area contributed by atoms with Gasteiger partial charge in [-0.25, -0.2) is 8.78 Å². The topological polar surface area (TPSA) is 23.5 Å². The van der Waals surface area contributed by atoms with Gasteiger partial charge < -0.3 is 5.11 Å². The fraction of sp³-hybridized carbons (Fsp3) is 0.571. The number of hydrogen-bond acceptors (Lipinski definition) is 2. The molecule has 3 rings (SSSR count). The highest BCUT2D eigenvalue weighted by Gasteiger charge is 2.48. The molecule has 2 nitrogen and oxygen atoms in total. The number of halogens is 3. The van der Waals surface area contributed by atoms with Gasteiger partial charge in [-0.05, 0) is 53.9 Å². The van der Waals surface area contributed by atoms with Crippen molar-refractivity contribution in [1.29, 1.82) is 0 Å². The lowest BCUT2D eigenvalue weighted by molar-refractivity contribution is 0.0126. The van der Waals surface area contributed by atoms with Crippen LogP contribution in [0.4, 0.5) is 8.78 Å². The molecule has 1 N–H and O–H groups in total. The minimum atomic E-state index is -1.00. The lowest BCUT2D eigenvalue weighted by Crippen LogP contribution is -2.43. The Morgan fingerprint density at radius 1 is 1.37 bits per heavy atom. The molecule has 2 atom stereocenters. The van der Waals surface area contributed by atoms with Gasteiger partial charge in [0.25, 0.3) is 0 Å². The van der Waals surface area contributed by atoms with Crippen LogP contribution < -0.4 is 0 Å². The van der Waals surface area contributed by atoms with E-state index in [2.05, 4.69) is 20.8 Å². The molecule has 0 bridgehead atoms. The monoisotopic (exact) mass is 331 g/mol. The fourth-order valence-corrected chi connectivity index (χ4v) is 3.82. The zero-order valence-corrected chi connectivity index (χ0v) is 12.1. The number of nitrogens with zero attached hydrogens (tertiary/aromatic N) is 1. The molecule has 5 heteroatoms. The number of aliphatic hydroxyl groups is 1. The van der Waals surface area contributed by atoms with Crippen molar-refractivity contribution in [2.24, 2.45) is 0 Å². The maximum Gasteiger partial charge on any atom is 0.143 e. The van der Waals surface area contributed by atoms with Crippen LogP contribution in [-0.2, 0) is 6.42 Å². The summed E-state index contributed by atoms with van der Waals surface area (Å²) in [5.74, 6) is -1.17. The summed E-state index contributed by atoms with van der Waals surface area (Å²) in [4.78, 5) is 2.23. The van der Waals surface area contributed by atoms with E-state index in [9.17, 15) is 13.9 Å². The van der Waals surface area contributed by atoms with Gasteiger partial charge in [0, 0.05) is 24.6 Å². The van der Waals surface area contributed by atoms with E-state index in [1.165, 1.54) is 12.1 Å². The molecule has 0 aliphatic carbocycles. The first kappa shape index (κ1) is 13.5. The van der Waals surface area contributed by atoms with Crippen molar-refractivity contribution in [3.63, 3.8) is 0 Å². The number of benzene rings is 1. The Morgan fingerprint density at radius 2 is 2.16 bits per heavy atom. The molecule has 0 spiro atoms. The summed E-state index contributed by atoms with van der Waals surface area (Å²) in [5, 5.41) is 10.8. The van der Waals surface area contributed by atoms with Gasteiger partial charge in [-0.1, -0.05) is 0 Å². The molecule has 2 saturated heterocycles. The zero-order valence-electron chi connectivity index (χ0n) is 10.5. The van der Waals surface area contributed by atoms with Crippen LogP contribution in [0.5, 0.6) is 0 Å². The summed E-state index contributed by atoms with van der Waals surface area (Å²) in [6, 6.07) is 2.65. The lowest BCUT2D eigenvalue weighted by Gasteiger charge is -2.30. The summed E-state index contributed by atoms with van der Waals surface area (Å²) in [7, 11) is 0. The van der Waals surface area contributed by atoms with Crippen LogP contribution in [0.15, 0.2) is 16.6 Å². The molecule has 2 heterocycles. The van der Waals surface area contributed by atoms with Gasteiger partial charge in [-0.2, -0.15) is 0 Å². The van der Waals surface area contributed by atoms with E-state index in [0.29, 0.717) is 6.42 Å². The molecular weight excluding hydrogens is 316 g/mol. The molecule has 2 aliphatic heterocycles. The van der Waals surface area contributed by atoms with E-state index in [4.69, 9.17) is 0 Å². The van der Waals surface area contributed by atoms with Crippen LogP contribution in [0, 0.1) is 11.6 Å². The van der Waals surface area contributed by atoms with E-state index in [1.54, 1.807) is 0 Å². The summed E-state index contributed by atoms with van der Waals surface area (Å²) in [6.45, 7) is 1.80. The van der Waals surface area contributed by atoms with E-state index >= 15 is 0 Å². The highest BCUT2D eigenvalue weighted by Crippen LogP contribution is 2.39. The third kappa shape index (κ3) is 2.22. The summed E-state index contributed by atoms with van der Waals surface area (Å²) >= 11 is 3.07. The Bertz CT molecular complexity index is 510. The van der Waals surface area contributed by atoms with Gasteiger partial charge in [0.2, 0.25) is 0 Å². The zero-order chi connectivity index (χ0) is 13.6. The predicted molar refractivity (Wildman–Crippen MR) is 71.9 cm³/mol. The Kier molecular flexibility index (Phi) is 3.39. The summed E-state index contributed by atoms with van der Waals surface area (Å²) in [5.41, 5.74) is -1.01. The van der Waals surface area contributed by atoms with Crippen molar-refractivity contribution < 1.29 is 13.9 Å². The second-order valence-electron chi connectivity index (χ2n) is 5.55. The van der Waals surface area contributed by atoms with Gasteiger partial charge in [-0.3, -0.25) is 4.90 Å². The van der Waals surface area contributed by atoms with Crippen LogP contribution in [0.2, 0.25) is 0 Å². The van der Waals surface area contributed by atoms with Crippen LogP contribution in [0.1, 0.15) is 24.8 Å². The SMILES string of the molecule is OC1(Cc2c(F)ccc(Br)c2F)CCN2CCCC21. The molecule has 104 valence electrons. The molecule has 0 amide bonds. The Labute approximate surface area is 119 Å². The van der Waals surface area contributed by atoms with Crippen molar-refractivity contribution in [1.82, 2.24) is 4.90 Å². The van der Waals surface area contributed by atoms with Crippen LogP contribution in [-0.4, -0.2) is 34.7 Å². The molecule has 0 radical (unpaired) electrons. The van der Waals surface area contributed by atoms with Crippen molar-refractivity contribution in [3.8, 4) is 0 Å². The molecule has 19 heavy (non-hydrogen) atoms. The maximum atomic E-state index is 14.0. The first-order valence-corrected chi connectivity index (χ1v) is 7.39. The second-order valence-corrected chi connectivity index (χ2v) is 6.40. The highest BCUT2D eigenvalue weighted by atomic mass is 79.9. The van der Waals surface area contributed by atoms with E-state index in [0.717, 1.165) is 25.9 Å². The maximum absolute atomic E-state index is 14.0. The largest absolute Gasteiger partial charge is 0.388 e. The molecule has 1 aromatic carbocycles. The van der Waals surface area contributed by atoms with Gasteiger partial charge in [0.15, 0.2) is 0 Å². The highest BCUT2D eigenvalue weighted by molar-refractivity contribution is 9.10. The number of fused-ring (bicyclic) bond motifs is 1. The smallest absolute Gasteiger partial charge is 0.143 e. The molecule has 2 fully saturated rings.